The molecule has 0 bridgehead atoms. The summed E-state index contributed by atoms with van der Waals surface area (Å²) in [5.41, 5.74) is 3.16. The molecule has 4 heteroatoms. The van der Waals surface area contributed by atoms with Crippen LogP contribution in [0.2, 0.25) is 0 Å². The Kier molecular flexibility index (Phi) is 4.39. The van der Waals surface area contributed by atoms with E-state index in [0.717, 1.165) is 10.5 Å². The summed E-state index contributed by atoms with van der Waals surface area (Å²) in [6.45, 7) is 0. The molecule has 2 aromatic rings. The lowest BCUT2D eigenvalue weighted by Gasteiger charge is -2.15. The van der Waals surface area contributed by atoms with Crippen LogP contribution in [0.4, 0.5) is 0 Å². The number of thioether (sulfide) groups is 1. The Bertz CT molecular complexity index is 502. The molecular weight excluding hydrogens is 244 g/mol. The molecule has 0 fully saturated rings. The highest BCUT2D eigenvalue weighted by molar-refractivity contribution is 8.00. The van der Waals surface area contributed by atoms with Crippen molar-refractivity contribution in [2.75, 3.05) is 0 Å². The van der Waals surface area contributed by atoms with Gasteiger partial charge in [-0.15, -0.1) is 11.8 Å². The van der Waals surface area contributed by atoms with E-state index in [1.807, 2.05) is 60.7 Å². The summed E-state index contributed by atoms with van der Waals surface area (Å²) < 4.78 is 0. The first-order chi connectivity index (χ1) is 8.81. The zero-order valence-electron chi connectivity index (χ0n) is 9.74. The minimum absolute atomic E-state index is 0.199. The lowest BCUT2D eigenvalue weighted by atomic mass is 10.1. The Hall–Kier alpha value is -1.78. The smallest absolute Gasteiger partial charge is 0.251 e. The summed E-state index contributed by atoms with van der Waals surface area (Å²) in [6, 6.07) is 19.4. The normalized spacial score (nSPS) is 11.8. The lowest BCUT2D eigenvalue weighted by Crippen LogP contribution is -2.33. The SMILES string of the molecule is NNC(=O)[C@@H](Sc1ccccc1)c1ccccc1. The van der Waals surface area contributed by atoms with Gasteiger partial charge in [-0.25, -0.2) is 5.84 Å². The fourth-order valence-electron chi connectivity index (χ4n) is 1.61. The fourth-order valence-corrected chi connectivity index (χ4v) is 2.67. The molecule has 3 nitrogen and oxygen atoms in total. The lowest BCUT2D eigenvalue weighted by molar-refractivity contribution is -0.120. The molecule has 0 saturated carbocycles. The van der Waals surface area contributed by atoms with Gasteiger partial charge in [-0.05, 0) is 17.7 Å². The Morgan fingerprint density at radius 1 is 1.00 bits per heavy atom. The van der Waals surface area contributed by atoms with E-state index in [1.165, 1.54) is 11.8 Å². The Morgan fingerprint density at radius 2 is 1.56 bits per heavy atom. The maximum absolute atomic E-state index is 11.9. The predicted molar refractivity (Wildman–Crippen MR) is 73.8 cm³/mol. The highest BCUT2D eigenvalue weighted by Gasteiger charge is 2.20. The van der Waals surface area contributed by atoms with Gasteiger partial charge in [-0.3, -0.25) is 10.2 Å². The van der Waals surface area contributed by atoms with Crippen LogP contribution in [-0.4, -0.2) is 5.91 Å². The van der Waals surface area contributed by atoms with Crippen LogP contribution in [0.15, 0.2) is 65.6 Å². The second-order valence-corrected chi connectivity index (χ2v) is 4.91. The molecule has 0 heterocycles. The molecule has 3 N–H and O–H groups in total. The second kappa shape index (κ2) is 6.23. The third-order valence-corrected chi connectivity index (χ3v) is 3.75. The first kappa shape index (κ1) is 12.7. The summed E-state index contributed by atoms with van der Waals surface area (Å²) in [5.74, 6) is 5.05. The molecule has 2 rings (SSSR count). The van der Waals surface area contributed by atoms with Gasteiger partial charge in [0.25, 0.3) is 5.91 Å². The molecule has 1 amide bonds. The first-order valence-corrected chi connectivity index (χ1v) is 6.46. The van der Waals surface area contributed by atoms with E-state index < -0.39 is 0 Å². The number of hydrogen-bond donors (Lipinski definition) is 2. The van der Waals surface area contributed by atoms with Gasteiger partial charge in [0.1, 0.15) is 5.25 Å². The number of hydrogen-bond acceptors (Lipinski definition) is 3. The predicted octanol–water partition coefficient (Wildman–Crippen LogP) is 2.51. The molecule has 0 aliphatic carbocycles. The molecule has 1 atom stereocenters. The third kappa shape index (κ3) is 3.12. The van der Waals surface area contributed by atoms with Gasteiger partial charge in [0.2, 0.25) is 0 Å². The van der Waals surface area contributed by atoms with E-state index in [-0.39, 0.29) is 11.2 Å². The minimum Gasteiger partial charge on any atom is -0.293 e. The molecule has 0 unspecified atom stereocenters. The Labute approximate surface area is 110 Å². The number of nitrogens with one attached hydrogen (secondary N) is 1. The van der Waals surface area contributed by atoms with Crippen LogP contribution in [-0.2, 0) is 4.79 Å². The highest BCUT2D eigenvalue weighted by atomic mass is 32.2. The van der Waals surface area contributed by atoms with Gasteiger partial charge >= 0.3 is 0 Å². The minimum atomic E-state index is -0.335. The number of amides is 1. The number of carbonyl (C=O) groups excluding carboxylic acids is 1. The summed E-state index contributed by atoms with van der Waals surface area (Å²) in [7, 11) is 0. The Balaban J connectivity index is 2.24. The molecule has 18 heavy (non-hydrogen) atoms. The molecule has 0 aromatic heterocycles. The van der Waals surface area contributed by atoms with E-state index in [9.17, 15) is 4.79 Å². The van der Waals surface area contributed by atoms with Crippen molar-refractivity contribution in [1.29, 1.82) is 0 Å². The van der Waals surface area contributed by atoms with Crippen molar-refractivity contribution in [1.82, 2.24) is 5.43 Å². The average Bonchev–Trinajstić information content (AvgIpc) is 2.46. The van der Waals surface area contributed by atoms with Crippen molar-refractivity contribution < 1.29 is 4.79 Å². The summed E-state index contributed by atoms with van der Waals surface area (Å²) in [4.78, 5) is 12.9. The number of rotatable bonds is 4. The molecule has 0 aliphatic heterocycles. The molecule has 0 aliphatic rings. The quantitative estimate of drug-likeness (QED) is 0.383. The number of nitrogens with two attached hydrogens (primary N) is 1. The van der Waals surface area contributed by atoms with Crippen molar-refractivity contribution in [3.63, 3.8) is 0 Å². The van der Waals surface area contributed by atoms with Gasteiger partial charge in [-0.2, -0.15) is 0 Å². The largest absolute Gasteiger partial charge is 0.293 e. The highest BCUT2D eigenvalue weighted by Crippen LogP contribution is 2.34. The van der Waals surface area contributed by atoms with Crippen molar-refractivity contribution in [2.24, 2.45) is 5.84 Å². The monoisotopic (exact) mass is 258 g/mol. The topological polar surface area (TPSA) is 55.1 Å². The van der Waals surface area contributed by atoms with Crippen LogP contribution < -0.4 is 11.3 Å². The molecule has 0 saturated heterocycles. The average molecular weight is 258 g/mol. The van der Waals surface area contributed by atoms with Gasteiger partial charge in [-0.1, -0.05) is 48.5 Å². The first-order valence-electron chi connectivity index (χ1n) is 5.58. The van der Waals surface area contributed by atoms with E-state index in [2.05, 4.69) is 5.43 Å². The number of benzene rings is 2. The van der Waals surface area contributed by atoms with Gasteiger partial charge in [0.05, 0.1) is 0 Å². The summed E-state index contributed by atoms with van der Waals surface area (Å²) in [5, 5.41) is -0.335. The third-order valence-electron chi connectivity index (χ3n) is 2.48. The maximum Gasteiger partial charge on any atom is 0.251 e. The zero-order valence-corrected chi connectivity index (χ0v) is 10.6. The number of carbonyl (C=O) groups is 1. The maximum atomic E-state index is 11.9. The van der Waals surface area contributed by atoms with Gasteiger partial charge < -0.3 is 0 Å². The van der Waals surface area contributed by atoms with Crippen molar-refractivity contribution in [2.45, 2.75) is 10.1 Å². The van der Waals surface area contributed by atoms with E-state index in [0.29, 0.717) is 0 Å². The summed E-state index contributed by atoms with van der Waals surface area (Å²) in [6.07, 6.45) is 0. The van der Waals surface area contributed by atoms with E-state index in [1.54, 1.807) is 0 Å². The molecule has 0 spiro atoms. The van der Waals surface area contributed by atoms with Crippen LogP contribution in [0, 0.1) is 0 Å². The Morgan fingerprint density at radius 3 is 2.11 bits per heavy atom. The molecule has 2 aromatic carbocycles. The van der Waals surface area contributed by atoms with Crippen molar-refractivity contribution in [3.05, 3.63) is 66.2 Å². The summed E-state index contributed by atoms with van der Waals surface area (Å²) >= 11 is 1.48. The van der Waals surface area contributed by atoms with Crippen LogP contribution in [0.3, 0.4) is 0 Å². The molecular formula is C14H14N2OS. The van der Waals surface area contributed by atoms with E-state index >= 15 is 0 Å². The fraction of sp³-hybridized carbons (Fsp3) is 0.0714. The van der Waals surface area contributed by atoms with Crippen LogP contribution >= 0.6 is 11.8 Å². The van der Waals surface area contributed by atoms with Gasteiger partial charge in [0.15, 0.2) is 0 Å². The van der Waals surface area contributed by atoms with Crippen LogP contribution in [0.1, 0.15) is 10.8 Å². The van der Waals surface area contributed by atoms with Crippen molar-refractivity contribution >= 4 is 17.7 Å². The number of hydrazine groups is 1. The van der Waals surface area contributed by atoms with Crippen LogP contribution in [0.25, 0.3) is 0 Å². The zero-order chi connectivity index (χ0) is 12.8. The van der Waals surface area contributed by atoms with Crippen molar-refractivity contribution in [3.8, 4) is 0 Å². The second-order valence-electron chi connectivity index (χ2n) is 3.73. The van der Waals surface area contributed by atoms with Crippen LogP contribution in [0.5, 0.6) is 0 Å². The molecule has 0 radical (unpaired) electrons. The van der Waals surface area contributed by atoms with E-state index in [4.69, 9.17) is 5.84 Å². The van der Waals surface area contributed by atoms with Gasteiger partial charge in [0, 0.05) is 4.90 Å². The molecule has 92 valence electrons. The standard InChI is InChI=1S/C14H14N2OS/c15-16-14(17)13(11-7-3-1-4-8-11)18-12-9-5-2-6-10-12/h1-10,13H,15H2,(H,16,17)/t13-/m0/s1.